The van der Waals surface area contributed by atoms with E-state index in [0.29, 0.717) is 5.69 Å². The average Bonchev–Trinajstić information content (AvgIpc) is 2.53. The summed E-state index contributed by atoms with van der Waals surface area (Å²) in [6.45, 7) is 4.68. The van der Waals surface area contributed by atoms with Crippen LogP contribution < -0.4 is 21.9 Å². The maximum absolute atomic E-state index is 12.0. The molecule has 5 N–H and O–H groups in total. The molecule has 2 amide bonds. The zero-order chi connectivity index (χ0) is 17.4. The summed E-state index contributed by atoms with van der Waals surface area (Å²) < 4.78 is 4.87. The van der Waals surface area contributed by atoms with Crippen molar-refractivity contribution in [2.45, 2.75) is 39.5 Å². The van der Waals surface area contributed by atoms with E-state index in [0.717, 1.165) is 5.56 Å². The quantitative estimate of drug-likeness (QED) is 0.319. The Morgan fingerprint density at radius 3 is 2.22 bits per heavy atom. The van der Waals surface area contributed by atoms with Crippen LogP contribution in [0, 0.1) is 0 Å². The molecule has 0 fully saturated rings. The van der Waals surface area contributed by atoms with Crippen LogP contribution in [0.2, 0.25) is 0 Å². The molecule has 1 rings (SSSR count). The topological polar surface area (TPSA) is 123 Å². The molecule has 23 heavy (non-hydrogen) atoms. The smallest absolute Gasteiger partial charge is 0.302 e. The molecule has 0 bridgehead atoms. The fraction of sp³-hybridized carbons (Fsp3) is 0.400. The highest BCUT2D eigenvalue weighted by Gasteiger charge is 2.18. The number of carbonyl (C=O) groups excluding carboxylic acids is 3. The molecule has 1 aromatic carbocycles. The number of hydrogen-bond donors (Lipinski definition) is 4. The molecular weight excluding hydrogens is 300 g/mol. The maximum atomic E-state index is 12.0. The number of anilines is 1. The summed E-state index contributed by atoms with van der Waals surface area (Å²) in [7, 11) is 0. The number of nitrogens with two attached hydrogens (primary N) is 1. The third kappa shape index (κ3) is 6.45. The van der Waals surface area contributed by atoms with Crippen LogP contribution in [0.15, 0.2) is 24.3 Å². The van der Waals surface area contributed by atoms with E-state index in [9.17, 15) is 14.4 Å². The van der Waals surface area contributed by atoms with Gasteiger partial charge in [-0.05, 0) is 31.5 Å². The van der Waals surface area contributed by atoms with Crippen molar-refractivity contribution in [3.63, 3.8) is 0 Å². The minimum absolute atomic E-state index is 0.181. The number of amides is 2. The Morgan fingerprint density at radius 2 is 1.70 bits per heavy atom. The number of ether oxygens (including phenoxy) is 1. The van der Waals surface area contributed by atoms with Crippen LogP contribution >= 0.6 is 0 Å². The van der Waals surface area contributed by atoms with E-state index in [1.807, 2.05) is 0 Å². The van der Waals surface area contributed by atoms with Gasteiger partial charge in [-0.25, -0.2) is 5.43 Å². The van der Waals surface area contributed by atoms with Crippen molar-refractivity contribution in [3.8, 4) is 0 Å². The van der Waals surface area contributed by atoms with Gasteiger partial charge in [-0.15, -0.1) is 0 Å². The first-order chi connectivity index (χ1) is 10.8. The van der Waals surface area contributed by atoms with E-state index >= 15 is 0 Å². The number of benzene rings is 1. The van der Waals surface area contributed by atoms with Gasteiger partial charge in [-0.3, -0.25) is 20.2 Å². The van der Waals surface area contributed by atoms with Gasteiger partial charge in [0, 0.05) is 12.6 Å². The lowest BCUT2D eigenvalue weighted by atomic mass is 10.2. The van der Waals surface area contributed by atoms with Gasteiger partial charge in [0.25, 0.3) is 0 Å². The molecule has 0 radical (unpaired) electrons. The average molecular weight is 322 g/mol. The molecule has 0 aliphatic carbocycles. The molecule has 0 aliphatic rings. The van der Waals surface area contributed by atoms with Crippen LogP contribution in [-0.4, -0.2) is 29.9 Å². The second-order valence-electron chi connectivity index (χ2n) is 5.09. The fourth-order valence-corrected chi connectivity index (χ4v) is 1.60. The third-order valence-corrected chi connectivity index (χ3v) is 3.06. The largest absolute Gasteiger partial charge is 0.461 e. The lowest BCUT2D eigenvalue weighted by Gasteiger charge is -2.17. The number of hydrogen-bond acceptors (Lipinski definition) is 6. The van der Waals surface area contributed by atoms with Gasteiger partial charge >= 0.3 is 5.97 Å². The summed E-state index contributed by atoms with van der Waals surface area (Å²) in [5.41, 5.74) is 3.69. The predicted molar refractivity (Wildman–Crippen MR) is 84.9 cm³/mol. The molecule has 2 atom stereocenters. The number of rotatable bonds is 7. The van der Waals surface area contributed by atoms with E-state index in [1.165, 1.54) is 6.92 Å². The summed E-state index contributed by atoms with van der Waals surface area (Å²) in [5, 5.41) is 5.23. The van der Waals surface area contributed by atoms with Gasteiger partial charge in [-0.2, -0.15) is 0 Å². The van der Waals surface area contributed by atoms with Gasteiger partial charge in [0.1, 0.15) is 12.6 Å². The van der Waals surface area contributed by atoms with Gasteiger partial charge in [0.2, 0.25) is 11.8 Å². The lowest BCUT2D eigenvalue weighted by Crippen LogP contribution is -2.50. The normalized spacial score (nSPS) is 12.9. The van der Waals surface area contributed by atoms with Crippen molar-refractivity contribution in [3.05, 3.63) is 29.8 Å². The lowest BCUT2D eigenvalue weighted by molar-refractivity contribution is -0.142. The molecule has 0 heterocycles. The van der Waals surface area contributed by atoms with Crippen LogP contribution in [0.3, 0.4) is 0 Å². The number of nitrogens with one attached hydrogen (secondary N) is 3. The van der Waals surface area contributed by atoms with Gasteiger partial charge in [0.05, 0.1) is 6.04 Å². The van der Waals surface area contributed by atoms with Crippen LogP contribution in [0.25, 0.3) is 0 Å². The molecule has 0 aromatic heterocycles. The summed E-state index contributed by atoms with van der Waals surface area (Å²) in [6.07, 6.45) is 0. The highest BCUT2D eigenvalue weighted by Crippen LogP contribution is 2.11. The second kappa shape index (κ2) is 8.86. The first-order valence-electron chi connectivity index (χ1n) is 7.13. The molecular formula is C15H22N4O4. The summed E-state index contributed by atoms with van der Waals surface area (Å²) in [6, 6.07) is 5.56. The number of carbonyl (C=O) groups is 3. The first kappa shape index (κ1) is 18.6. The highest BCUT2D eigenvalue weighted by molar-refractivity contribution is 5.97. The van der Waals surface area contributed by atoms with E-state index in [4.69, 9.17) is 10.6 Å². The van der Waals surface area contributed by atoms with Crippen molar-refractivity contribution < 1.29 is 19.1 Å². The zero-order valence-electron chi connectivity index (χ0n) is 13.4. The third-order valence-electron chi connectivity index (χ3n) is 3.06. The number of hydrazine groups is 1. The van der Waals surface area contributed by atoms with E-state index in [2.05, 4.69) is 16.1 Å². The van der Waals surface area contributed by atoms with E-state index in [-0.39, 0.29) is 24.4 Å². The van der Waals surface area contributed by atoms with Crippen molar-refractivity contribution >= 4 is 23.5 Å². The minimum Gasteiger partial charge on any atom is -0.461 e. The van der Waals surface area contributed by atoms with E-state index in [1.54, 1.807) is 38.1 Å². The predicted octanol–water partition coefficient (Wildman–Crippen LogP) is 0.0447. The van der Waals surface area contributed by atoms with Crippen molar-refractivity contribution in [1.82, 2.24) is 10.7 Å². The molecule has 1 aromatic rings. The Morgan fingerprint density at radius 1 is 1.09 bits per heavy atom. The van der Waals surface area contributed by atoms with Gasteiger partial charge < -0.3 is 15.4 Å². The van der Waals surface area contributed by atoms with Crippen molar-refractivity contribution in [2.75, 3.05) is 5.32 Å². The Kier molecular flexibility index (Phi) is 7.17. The summed E-state index contributed by atoms with van der Waals surface area (Å²) in [4.78, 5) is 34.4. The molecule has 2 unspecified atom stereocenters. The zero-order valence-corrected chi connectivity index (χ0v) is 13.4. The maximum Gasteiger partial charge on any atom is 0.302 e. The first-order valence-corrected chi connectivity index (χ1v) is 7.13. The molecule has 0 spiro atoms. The number of esters is 1. The monoisotopic (exact) mass is 322 g/mol. The summed E-state index contributed by atoms with van der Waals surface area (Å²) in [5.74, 6) is 4.09. The SMILES string of the molecule is CC(=O)OCc1ccc(NC(=O)C(C)NC(=O)C(C)NN)cc1. The van der Waals surface area contributed by atoms with Crippen LogP contribution in [0.4, 0.5) is 5.69 Å². The van der Waals surface area contributed by atoms with Crippen molar-refractivity contribution in [2.24, 2.45) is 5.84 Å². The van der Waals surface area contributed by atoms with Crippen LogP contribution in [-0.2, 0) is 25.7 Å². The fourth-order valence-electron chi connectivity index (χ4n) is 1.60. The molecule has 126 valence electrons. The second-order valence-corrected chi connectivity index (χ2v) is 5.09. The minimum atomic E-state index is -0.709. The molecule has 0 saturated carbocycles. The van der Waals surface area contributed by atoms with Crippen LogP contribution in [0.5, 0.6) is 0 Å². The van der Waals surface area contributed by atoms with Gasteiger partial charge in [0.15, 0.2) is 0 Å². The Labute approximate surface area is 134 Å². The summed E-state index contributed by atoms with van der Waals surface area (Å²) >= 11 is 0. The van der Waals surface area contributed by atoms with Gasteiger partial charge in [-0.1, -0.05) is 12.1 Å². The molecule has 0 saturated heterocycles. The Bertz CT molecular complexity index is 559. The highest BCUT2D eigenvalue weighted by atomic mass is 16.5. The van der Waals surface area contributed by atoms with Crippen LogP contribution in [0.1, 0.15) is 26.3 Å². The van der Waals surface area contributed by atoms with Crippen molar-refractivity contribution in [1.29, 1.82) is 0 Å². The molecule has 8 nitrogen and oxygen atoms in total. The molecule has 8 heteroatoms. The van der Waals surface area contributed by atoms with E-state index < -0.39 is 12.1 Å². The Hall–Kier alpha value is -2.45. The standard InChI is InChI=1S/C15H22N4O4/c1-9(17-15(22)10(2)19-16)14(21)18-13-6-4-12(5-7-13)8-23-11(3)20/h4-7,9-10,19H,8,16H2,1-3H3,(H,17,22)(H,18,21). The Balaban J connectivity index is 2.53. The molecule has 0 aliphatic heterocycles.